The highest BCUT2D eigenvalue weighted by molar-refractivity contribution is 5.92. The molecule has 6 nitrogen and oxygen atoms in total. The maximum absolute atomic E-state index is 13.1. The second-order valence-corrected chi connectivity index (χ2v) is 8.01. The SMILES string of the molecule is Cc1cc(=O)c(C(=O)NCCN2CCc3ccccc3C2)nn1-c1cccc(C(F)(F)F)c1. The monoisotopic (exact) mass is 456 g/mol. The third-order valence-electron chi connectivity index (χ3n) is 5.66. The van der Waals surface area contributed by atoms with E-state index in [4.69, 9.17) is 0 Å². The van der Waals surface area contributed by atoms with Crippen LogP contribution in [0.3, 0.4) is 0 Å². The molecule has 0 fully saturated rings. The number of alkyl halides is 3. The van der Waals surface area contributed by atoms with Crippen LogP contribution in [0.1, 0.15) is 32.9 Å². The third-order valence-corrected chi connectivity index (χ3v) is 5.66. The summed E-state index contributed by atoms with van der Waals surface area (Å²) in [4.78, 5) is 27.2. The van der Waals surface area contributed by atoms with Gasteiger partial charge in [0.05, 0.1) is 11.3 Å². The molecule has 2 aromatic carbocycles. The number of hydrogen-bond donors (Lipinski definition) is 1. The van der Waals surface area contributed by atoms with E-state index in [9.17, 15) is 22.8 Å². The number of nitrogens with zero attached hydrogens (tertiary/aromatic N) is 3. The average molecular weight is 456 g/mol. The standard InChI is InChI=1S/C24H23F3N4O2/c1-16-13-21(32)22(29-31(16)20-8-4-7-19(14-20)24(25,26)27)23(33)28-10-12-30-11-9-17-5-2-3-6-18(17)15-30/h2-8,13-14H,9-12,15H2,1H3,(H,28,33). The number of hydrogen-bond acceptors (Lipinski definition) is 4. The van der Waals surface area contributed by atoms with E-state index < -0.39 is 23.1 Å². The van der Waals surface area contributed by atoms with E-state index in [1.807, 2.05) is 12.1 Å². The predicted molar refractivity (Wildman–Crippen MR) is 117 cm³/mol. The molecule has 1 aromatic heterocycles. The van der Waals surface area contributed by atoms with Crippen LogP contribution in [0.25, 0.3) is 5.69 Å². The van der Waals surface area contributed by atoms with E-state index in [0.29, 0.717) is 18.8 Å². The molecule has 3 aromatic rings. The quantitative estimate of drug-likeness (QED) is 0.640. The van der Waals surface area contributed by atoms with E-state index >= 15 is 0 Å². The number of aryl methyl sites for hydroxylation is 1. The zero-order chi connectivity index (χ0) is 23.6. The van der Waals surface area contributed by atoms with Gasteiger partial charge in [-0.15, -0.1) is 0 Å². The van der Waals surface area contributed by atoms with Gasteiger partial charge in [0, 0.05) is 37.9 Å². The van der Waals surface area contributed by atoms with Crippen molar-refractivity contribution in [3.63, 3.8) is 0 Å². The van der Waals surface area contributed by atoms with Crippen molar-refractivity contribution in [2.24, 2.45) is 0 Å². The summed E-state index contributed by atoms with van der Waals surface area (Å²) in [7, 11) is 0. The predicted octanol–water partition coefficient (Wildman–Crippen LogP) is 3.35. The van der Waals surface area contributed by atoms with Gasteiger partial charge in [0.2, 0.25) is 5.43 Å². The first kappa shape index (κ1) is 22.7. The molecule has 0 spiro atoms. The minimum Gasteiger partial charge on any atom is -0.349 e. The van der Waals surface area contributed by atoms with Crippen molar-refractivity contribution in [3.8, 4) is 5.69 Å². The Morgan fingerprint density at radius 2 is 1.85 bits per heavy atom. The summed E-state index contributed by atoms with van der Waals surface area (Å²) >= 11 is 0. The number of carbonyl (C=O) groups excluding carboxylic acids is 1. The Kier molecular flexibility index (Phi) is 6.33. The van der Waals surface area contributed by atoms with E-state index in [0.717, 1.165) is 31.6 Å². The van der Waals surface area contributed by atoms with Crippen molar-refractivity contribution < 1.29 is 18.0 Å². The molecule has 172 valence electrons. The highest BCUT2D eigenvalue weighted by atomic mass is 19.4. The fourth-order valence-corrected chi connectivity index (χ4v) is 3.94. The molecule has 1 aliphatic rings. The molecule has 0 unspecified atom stereocenters. The normalized spacial score (nSPS) is 14.1. The molecule has 1 amide bonds. The molecule has 1 N–H and O–H groups in total. The highest BCUT2D eigenvalue weighted by Gasteiger charge is 2.30. The van der Waals surface area contributed by atoms with Crippen LogP contribution in [0.2, 0.25) is 0 Å². The van der Waals surface area contributed by atoms with Gasteiger partial charge in [-0.25, -0.2) is 4.68 Å². The van der Waals surface area contributed by atoms with Crippen LogP contribution in [0.4, 0.5) is 13.2 Å². The van der Waals surface area contributed by atoms with Crippen molar-refractivity contribution >= 4 is 5.91 Å². The van der Waals surface area contributed by atoms with Gasteiger partial charge in [-0.2, -0.15) is 18.3 Å². The number of nitrogens with one attached hydrogen (secondary N) is 1. The molecule has 0 saturated heterocycles. The molecular formula is C24H23F3N4O2. The molecule has 0 atom stereocenters. The maximum Gasteiger partial charge on any atom is 0.416 e. The summed E-state index contributed by atoms with van der Waals surface area (Å²) < 4.78 is 40.4. The summed E-state index contributed by atoms with van der Waals surface area (Å²) in [6.45, 7) is 4.13. The van der Waals surface area contributed by atoms with Crippen LogP contribution in [-0.2, 0) is 19.1 Å². The molecule has 2 heterocycles. The van der Waals surface area contributed by atoms with Crippen molar-refractivity contribution in [2.75, 3.05) is 19.6 Å². The summed E-state index contributed by atoms with van der Waals surface area (Å²) in [5, 5.41) is 6.78. The second-order valence-electron chi connectivity index (χ2n) is 8.01. The van der Waals surface area contributed by atoms with Crippen molar-refractivity contribution in [3.05, 3.63) is 92.9 Å². The number of aromatic nitrogens is 2. The number of benzene rings is 2. The Morgan fingerprint density at radius 1 is 1.09 bits per heavy atom. The fraction of sp³-hybridized carbons (Fsp3) is 0.292. The van der Waals surface area contributed by atoms with Crippen molar-refractivity contribution in [1.82, 2.24) is 20.0 Å². The third kappa shape index (κ3) is 5.14. The Hall–Kier alpha value is -3.46. The molecule has 0 radical (unpaired) electrons. The zero-order valence-electron chi connectivity index (χ0n) is 18.0. The smallest absolute Gasteiger partial charge is 0.349 e. The molecule has 1 aliphatic heterocycles. The molecular weight excluding hydrogens is 433 g/mol. The molecule has 9 heteroatoms. The number of halogens is 3. The van der Waals surface area contributed by atoms with E-state index in [-0.39, 0.29) is 11.4 Å². The lowest BCUT2D eigenvalue weighted by molar-refractivity contribution is -0.137. The van der Waals surface area contributed by atoms with Crippen LogP contribution in [0.5, 0.6) is 0 Å². The van der Waals surface area contributed by atoms with Gasteiger partial charge < -0.3 is 5.32 Å². The Morgan fingerprint density at radius 3 is 2.61 bits per heavy atom. The Bertz CT molecular complexity index is 1240. The van der Waals surface area contributed by atoms with Gasteiger partial charge in [-0.3, -0.25) is 14.5 Å². The lowest BCUT2D eigenvalue weighted by Crippen LogP contribution is -2.39. The van der Waals surface area contributed by atoms with Gasteiger partial charge in [0.25, 0.3) is 5.91 Å². The number of carbonyl (C=O) groups is 1. The highest BCUT2D eigenvalue weighted by Crippen LogP contribution is 2.30. The van der Waals surface area contributed by atoms with Gasteiger partial charge in [0.15, 0.2) is 5.69 Å². The Labute approximate surface area is 188 Å². The molecule has 0 aliphatic carbocycles. The van der Waals surface area contributed by atoms with E-state index in [2.05, 4.69) is 27.4 Å². The van der Waals surface area contributed by atoms with Crippen LogP contribution in [-0.4, -0.2) is 40.2 Å². The minimum atomic E-state index is -4.52. The summed E-state index contributed by atoms with van der Waals surface area (Å²) in [6.07, 6.45) is -3.58. The van der Waals surface area contributed by atoms with Gasteiger partial charge in [-0.05, 0) is 42.7 Å². The number of rotatable bonds is 5. The summed E-state index contributed by atoms with van der Waals surface area (Å²) in [5.41, 5.74) is 1.25. The second kappa shape index (κ2) is 9.19. The lowest BCUT2D eigenvalue weighted by atomic mass is 10.00. The van der Waals surface area contributed by atoms with Gasteiger partial charge in [-0.1, -0.05) is 30.3 Å². The van der Waals surface area contributed by atoms with Crippen molar-refractivity contribution in [1.29, 1.82) is 0 Å². The first-order valence-electron chi connectivity index (χ1n) is 10.6. The largest absolute Gasteiger partial charge is 0.416 e. The first-order valence-corrected chi connectivity index (χ1v) is 10.6. The summed E-state index contributed by atoms with van der Waals surface area (Å²) in [5.74, 6) is -0.655. The van der Waals surface area contributed by atoms with Crippen LogP contribution in [0.15, 0.2) is 59.4 Å². The van der Waals surface area contributed by atoms with Crippen molar-refractivity contribution in [2.45, 2.75) is 26.1 Å². The van der Waals surface area contributed by atoms with Gasteiger partial charge in [0.1, 0.15) is 0 Å². The minimum absolute atomic E-state index is 0.114. The zero-order valence-corrected chi connectivity index (χ0v) is 18.0. The van der Waals surface area contributed by atoms with E-state index in [1.54, 1.807) is 6.92 Å². The lowest BCUT2D eigenvalue weighted by Gasteiger charge is -2.28. The van der Waals surface area contributed by atoms with Crippen LogP contribution < -0.4 is 10.7 Å². The van der Waals surface area contributed by atoms with Crippen LogP contribution >= 0.6 is 0 Å². The first-order chi connectivity index (χ1) is 15.7. The molecule has 0 saturated carbocycles. The van der Waals surface area contributed by atoms with Crippen LogP contribution in [0, 0.1) is 6.92 Å². The Balaban J connectivity index is 1.46. The number of amides is 1. The topological polar surface area (TPSA) is 67.2 Å². The average Bonchev–Trinajstić information content (AvgIpc) is 2.78. The van der Waals surface area contributed by atoms with Gasteiger partial charge >= 0.3 is 6.18 Å². The van der Waals surface area contributed by atoms with E-state index in [1.165, 1.54) is 34.0 Å². The summed E-state index contributed by atoms with van der Waals surface area (Å²) in [6, 6.07) is 14.0. The molecule has 0 bridgehead atoms. The fourth-order valence-electron chi connectivity index (χ4n) is 3.94. The maximum atomic E-state index is 13.1. The number of fused-ring (bicyclic) bond motifs is 1. The molecule has 33 heavy (non-hydrogen) atoms. The molecule has 4 rings (SSSR count).